The van der Waals surface area contributed by atoms with Crippen molar-refractivity contribution in [3.05, 3.63) is 35.1 Å². The summed E-state index contributed by atoms with van der Waals surface area (Å²) in [5.74, 6) is -2.29. The number of fused-ring (bicyclic) bond motifs is 2. The van der Waals surface area contributed by atoms with E-state index < -0.39 is 29.0 Å². The zero-order chi connectivity index (χ0) is 15.9. The normalized spacial score (nSPS) is 26.5. The van der Waals surface area contributed by atoms with Gasteiger partial charge in [0, 0.05) is 18.1 Å². The van der Waals surface area contributed by atoms with Gasteiger partial charge < -0.3 is 10.6 Å². The van der Waals surface area contributed by atoms with Crippen LogP contribution in [0.5, 0.6) is 0 Å². The molecule has 2 fully saturated rings. The number of hydrogen-bond donors (Lipinski definition) is 2. The minimum Gasteiger partial charge on any atom is -0.349 e. The Balaban J connectivity index is 0.00000192. The summed E-state index contributed by atoms with van der Waals surface area (Å²) in [6, 6.07) is 3.30. The molecule has 1 amide bonds. The maximum absolute atomic E-state index is 13.9. The number of carbonyl (C=O) groups excluding carboxylic acids is 1. The highest BCUT2D eigenvalue weighted by Crippen LogP contribution is 2.32. The van der Waals surface area contributed by atoms with E-state index in [9.17, 15) is 22.4 Å². The van der Waals surface area contributed by atoms with Crippen LogP contribution in [-0.2, 0) is 6.18 Å². The van der Waals surface area contributed by atoms with Gasteiger partial charge in [-0.05, 0) is 37.8 Å². The summed E-state index contributed by atoms with van der Waals surface area (Å²) in [6.07, 6.45) is -1.29. The monoisotopic (exact) mass is 352 g/mol. The second-order valence-electron chi connectivity index (χ2n) is 5.94. The van der Waals surface area contributed by atoms with E-state index >= 15 is 0 Å². The van der Waals surface area contributed by atoms with Crippen LogP contribution in [0.4, 0.5) is 17.6 Å². The van der Waals surface area contributed by atoms with Crippen LogP contribution in [0.2, 0.25) is 0 Å². The lowest BCUT2D eigenvalue weighted by Crippen LogP contribution is -2.48. The summed E-state index contributed by atoms with van der Waals surface area (Å²) >= 11 is 0. The van der Waals surface area contributed by atoms with Crippen molar-refractivity contribution >= 4 is 18.3 Å². The van der Waals surface area contributed by atoms with Gasteiger partial charge in [0.1, 0.15) is 5.82 Å². The first-order valence-electron chi connectivity index (χ1n) is 7.27. The van der Waals surface area contributed by atoms with Crippen molar-refractivity contribution < 1.29 is 22.4 Å². The standard InChI is InChI=1S/C15H16F4N2O.ClH/c16-13-11(2-1-3-12(13)15(17,18)19)14(22)21-10-6-8-4-5-9(7-10)20-8;/h1-3,8-10,20H,4-7H2,(H,21,22);1H. The lowest BCUT2D eigenvalue weighted by atomic mass is 9.99. The lowest BCUT2D eigenvalue weighted by Gasteiger charge is -2.29. The van der Waals surface area contributed by atoms with Crippen molar-refractivity contribution in [1.82, 2.24) is 10.6 Å². The van der Waals surface area contributed by atoms with Crippen molar-refractivity contribution in [2.24, 2.45) is 0 Å². The van der Waals surface area contributed by atoms with E-state index in [0.717, 1.165) is 37.8 Å². The quantitative estimate of drug-likeness (QED) is 0.802. The fourth-order valence-electron chi connectivity index (χ4n) is 3.36. The number of halogens is 5. The number of nitrogens with one attached hydrogen (secondary N) is 2. The van der Waals surface area contributed by atoms with Crippen LogP contribution in [0, 0.1) is 5.82 Å². The molecule has 3 rings (SSSR count). The molecule has 2 N–H and O–H groups in total. The molecule has 23 heavy (non-hydrogen) atoms. The summed E-state index contributed by atoms with van der Waals surface area (Å²) in [4.78, 5) is 12.1. The summed E-state index contributed by atoms with van der Waals surface area (Å²) < 4.78 is 52.0. The predicted octanol–water partition coefficient (Wildman–Crippen LogP) is 3.28. The van der Waals surface area contributed by atoms with E-state index in [1.54, 1.807) is 0 Å². The van der Waals surface area contributed by atoms with Gasteiger partial charge in [-0.3, -0.25) is 4.79 Å². The van der Waals surface area contributed by atoms with Gasteiger partial charge >= 0.3 is 6.18 Å². The zero-order valence-electron chi connectivity index (χ0n) is 12.1. The third-order valence-electron chi connectivity index (χ3n) is 4.36. The molecule has 0 saturated carbocycles. The van der Waals surface area contributed by atoms with Crippen LogP contribution >= 0.6 is 12.4 Å². The second-order valence-corrected chi connectivity index (χ2v) is 5.94. The molecule has 2 aliphatic heterocycles. The van der Waals surface area contributed by atoms with E-state index in [1.807, 2.05) is 0 Å². The topological polar surface area (TPSA) is 41.1 Å². The Bertz CT molecular complexity index is 581. The SMILES string of the molecule is Cl.O=C(NC1CC2CCC(C1)N2)c1cccc(C(F)(F)F)c1F. The van der Waals surface area contributed by atoms with Crippen LogP contribution in [0.25, 0.3) is 0 Å². The Morgan fingerprint density at radius 2 is 1.78 bits per heavy atom. The van der Waals surface area contributed by atoms with Crippen LogP contribution in [0.3, 0.4) is 0 Å². The fraction of sp³-hybridized carbons (Fsp3) is 0.533. The van der Waals surface area contributed by atoms with Gasteiger partial charge in [0.2, 0.25) is 0 Å². The maximum atomic E-state index is 13.9. The van der Waals surface area contributed by atoms with Crippen LogP contribution in [-0.4, -0.2) is 24.0 Å². The van der Waals surface area contributed by atoms with Gasteiger partial charge in [0.15, 0.2) is 0 Å². The molecule has 1 aromatic carbocycles. The smallest absolute Gasteiger partial charge is 0.349 e. The minimum absolute atomic E-state index is 0. The molecule has 3 nitrogen and oxygen atoms in total. The first-order valence-corrected chi connectivity index (χ1v) is 7.27. The highest BCUT2D eigenvalue weighted by atomic mass is 35.5. The molecule has 2 bridgehead atoms. The largest absolute Gasteiger partial charge is 0.419 e. The third kappa shape index (κ3) is 3.77. The number of piperidine rings is 1. The Hall–Kier alpha value is -1.34. The Kier molecular flexibility index (Phi) is 5.20. The number of hydrogen-bond acceptors (Lipinski definition) is 2. The van der Waals surface area contributed by atoms with Crippen LogP contribution < -0.4 is 10.6 Å². The van der Waals surface area contributed by atoms with Gasteiger partial charge in [-0.25, -0.2) is 4.39 Å². The zero-order valence-corrected chi connectivity index (χ0v) is 12.9. The van der Waals surface area contributed by atoms with E-state index in [1.165, 1.54) is 0 Å². The summed E-state index contributed by atoms with van der Waals surface area (Å²) in [7, 11) is 0. The van der Waals surface area contributed by atoms with Gasteiger partial charge in [-0.2, -0.15) is 13.2 Å². The molecule has 2 unspecified atom stereocenters. The van der Waals surface area contributed by atoms with Crippen molar-refractivity contribution in [1.29, 1.82) is 0 Å². The highest BCUT2D eigenvalue weighted by Gasteiger charge is 2.37. The average Bonchev–Trinajstić information content (AvgIpc) is 2.76. The summed E-state index contributed by atoms with van der Waals surface area (Å²) in [6.45, 7) is 0. The van der Waals surface area contributed by atoms with E-state index in [0.29, 0.717) is 18.2 Å². The van der Waals surface area contributed by atoms with Gasteiger partial charge in [-0.1, -0.05) is 6.07 Å². The van der Waals surface area contributed by atoms with Gasteiger partial charge in [0.25, 0.3) is 5.91 Å². The van der Waals surface area contributed by atoms with E-state index in [-0.39, 0.29) is 18.4 Å². The Labute approximate surface area is 137 Å². The molecule has 0 aliphatic carbocycles. The van der Waals surface area contributed by atoms with Crippen LogP contribution in [0.15, 0.2) is 18.2 Å². The lowest BCUT2D eigenvalue weighted by molar-refractivity contribution is -0.140. The van der Waals surface area contributed by atoms with Gasteiger partial charge in [0.05, 0.1) is 11.1 Å². The van der Waals surface area contributed by atoms with Crippen molar-refractivity contribution in [3.8, 4) is 0 Å². The van der Waals surface area contributed by atoms with Gasteiger partial charge in [-0.15, -0.1) is 12.4 Å². The Morgan fingerprint density at radius 1 is 1.17 bits per heavy atom. The average molecular weight is 353 g/mol. The second kappa shape index (κ2) is 6.65. The number of alkyl halides is 3. The van der Waals surface area contributed by atoms with Crippen molar-refractivity contribution in [2.75, 3.05) is 0 Å². The molecule has 8 heteroatoms. The molecule has 0 spiro atoms. The maximum Gasteiger partial charge on any atom is 0.419 e. The molecule has 2 saturated heterocycles. The fourth-order valence-corrected chi connectivity index (χ4v) is 3.36. The molecule has 0 aromatic heterocycles. The number of benzene rings is 1. The third-order valence-corrected chi connectivity index (χ3v) is 4.36. The first-order chi connectivity index (χ1) is 10.3. The molecule has 0 radical (unpaired) electrons. The first kappa shape index (κ1) is 18.0. The molecular formula is C15H17ClF4N2O. The molecule has 2 aliphatic rings. The summed E-state index contributed by atoms with van der Waals surface area (Å²) in [5.41, 5.74) is -1.97. The van der Waals surface area contributed by atoms with E-state index in [4.69, 9.17) is 0 Å². The molecule has 1 aromatic rings. The number of carbonyl (C=O) groups is 1. The molecule has 2 heterocycles. The molecular weight excluding hydrogens is 336 g/mol. The number of rotatable bonds is 2. The van der Waals surface area contributed by atoms with Crippen molar-refractivity contribution in [2.45, 2.75) is 50.0 Å². The summed E-state index contributed by atoms with van der Waals surface area (Å²) in [5, 5.41) is 6.07. The highest BCUT2D eigenvalue weighted by molar-refractivity contribution is 5.95. The molecule has 2 atom stereocenters. The van der Waals surface area contributed by atoms with Crippen molar-refractivity contribution in [3.63, 3.8) is 0 Å². The Morgan fingerprint density at radius 3 is 2.35 bits per heavy atom. The number of amides is 1. The predicted molar refractivity (Wildman–Crippen MR) is 79.1 cm³/mol. The minimum atomic E-state index is -4.81. The van der Waals surface area contributed by atoms with Crippen LogP contribution in [0.1, 0.15) is 41.6 Å². The van der Waals surface area contributed by atoms with E-state index in [2.05, 4.69) is 10.6 Å². The molecule has 128 valence electrons.